The van der Waals surface area contributed by atoms with Gasteiger partial charge in [-0.3, -0.25) is 4.79 Å². The molecule has 0 amide bonds. The van der Waals surface area contributed by atoms with Crippen LogP contribution in [0.25, 0.3) is 17.0 Å². The van der Waals surface area contributed by atoms with E-state index in [1.165, 1.54) is 0 Å². The van der Waals surface area contributed by atoms with E-state index >= 15 is 0 Å². The van der Waals surface area contributed by atoms with Gasteiger partial charge in [-0.2, -0.15) is 0 Å². The SMILES string of the molecule is C=Cc1ccc2c(CCC(=O)O)c(C)[nH]c2c1. The van der Waals surface area contributed by atoms with Crippen LogP contribution >= 0.6 is 0 Å². The van der Waals surface area contributed by atoms with E-state index in [1.807, 2.05) is 25.1 Å². The maximum atomic E-state index is 10.6. The highest BCUT2D eigenvalue weighted by molar-refractivity contribution is 5.87. The molecule has 1 aromatic heterocycles. The van der Waals surface area contributed by atoms with Crippen LogP contribution in [0.1, 0.15) is 23.2 Å². The number of nitrogens with one attached hydrogen (secondary N) is 1. The van der Waals surface area contributed by atoms with Gasteiger partial charge in [-0.15, -0.1) is 0 Å². The number of aromatic nitrogens is 1. The van der Waals surface area contributed by atoms with Crippen LogP contribution in [-0.2, 0) is 11.2 Å². The number of hydrogen-bond acceptors (Lipinski definition) is 1. The number of H-pyrrole nitrogens is 1. The average Bonchev–Trinajstić information content (AvgIpc) is 2.60. The van der Waals surface area contributed by atoms with Crippen LogP contribution in [0.2, 0.25) is 0 Å². The summed E-state index contributed by atoms with van der Waals surface area (Å²) in [7, 11) is 0. The minimum Gasteiger partial charge on any atom is -0.481 e. The summed E-state index contributed by atoms with van der Waals surface area (Å²) in [6.07, 6.45) is 2.53. The highest BCUT2D eigenvalue weighted by Crippen LogP contribution is 2.24. The molecule has 0 saturated carbocycles. The molecule has 3 nitrogen and oxygen atoms in total. The van der Waals surface area contributed by atoms with Crippen LogP contribution in [0.15, 0.2) is 24.8 Å². The lowest BCUT2D eigenvalue weighted by atomic mass is 10.0. The molecule has 0 saturated heterocycles. The van der Waals surface area contributed by atoms with E-state index < -0.39 is 5.97 Å². The van der Waals surface area contributed by atoms with Crippen molar-refractivity contribution in [1.82, 2.24) is 4.98 Å². The Hall–Kier alpha value is -2.03. The van der Waals surface area contributed by atoms with E-state index in [4.69, 9.17) is 5.11 Å². The van der Waals surface area contributed by atoms with Crippen LogP contribution in [-0.4, -0.2) is 16.1 Å². The Morgan fingerprint density at radius 2 is 2.29 bits per heavy atom. The van der Waals surface area contributed by atoms with E-state index in [1.54, 1.807) is 6.08 Å². The van der Waals surface area contributed by atoms with Crippen molar-refractivity contribution >= 4 is 22.9 Å². The summed E-state index contributed by atoms with van der Waals surface area (Å²) in [6, 6.07) is 6.04. The molecule has 0 aliphatic heterocycles. The number of aliphatic carboxylic acids is 1. The van der Waals surface area contributed by atoms with E-state index in [2.05, 4.69) is 11.6 Å². The van der Waals surface area contributed by atoms with Gasteiger partial charge in [-0.1, -0.05) is 24.8 Å². The lowest BCUT2D eigenvalue weighted by Gasteiger charge is -1.99. The molecular weight excluding hydrogens is 214 g/mol. The molecule has 0 fully saturated rings. The molecule has 2 N–H and O–H groups in total. The summed E-state index contributed by atoms with van der Waals surface area (Å²) in [5.41, 5.74) is 4.24. The van der Waals surface area contributed by atoms with Crippen molar-refractivity contribution < 1.29 is 9.90 Å². The molecular formula is C14H15NO2. The summed E-state index contributed by atoms with van der Waals surface area (Å²) in [5.74, 6) is -0.763. The largest absolute Gasteiger partial charge is 0.481 e. The summed E-state index contributed by atoms with van der Waals surface area (Å²) >= 11 is 0. The van der Waals surface area contributed by atoms with Crippen molar-refractivity contribution in [2.24, 2.45) is 0 Å². The van der Waals surface area contributed by atoms with Crippen molar-refractivity contribution in [2.45, 2.75) is 19.8 Å². The van der Waals surface area contributed by atoms with E-state index in [0.29, 0.717) is 6.42 Å². The van der Waals surface area contributed by atoms with Gasteiger partial charge in [-0.05, 0) is 30.5 Å². The van der Waals surface area contributed by atoms with E-state index in [0.717, 1.165) is 27.7 Å². The zero-order valence-corrected chi connectivity index (χ0v) is 9.79. The Bertz CT molecular complexity index is 581. The maximum absolute atomic E-state index is 10.6. The summed E-state index contributed by atoms with van der Waals surface area (Å²) in [6.45, 7) is 5.71. The van der Waals surface area contributed by atoms with Gasteiger partial charge in [0.05, 0.1) is 0 Å². The minimum atomic E-state index is -0.763. The molecule has 0 unspecified atom stereocenters. The fraction of sp³-hybridized carbons (Fsp3) is 0.214. The van der Waals surface area contributed by atoms with Crippen molar-refractivity contribution in [3.8, 4) is 0 Å². The van der Waals surface area contributed by atoms with E-state index in [9.17, 15) is 4.79 Å². The van der Waals surface area contributed by atoms with Gasteiger partial charge < -0.3 is 10.1 Å². The molecule has 0 radical (unpaired) electrons. The second-order valence-electron chi connectivity index (χ2n) is 4.13. The first kappa shape index (κ1) is 11.5. The van der Waals surface area contributed by atoms with Gasteiger partial charge in [0.2, 0.25) is 0 Å². The van der Waals surface area contributed by atoms with Gasteiger partial charge in [0, 0.05) is 23.0 Å². The Labute approximate surface area is 99.8 Å². The second kappa shape index (κ2) is 4.45. The third-order valence-electron chi connectivity index (χ3n) is 2.97. The maximum Gasteiger partial charge on any atom is 0.303 e. The van der Waals surface area contributed by atoms with Gasteiger partial charge in [-0.25, -0.2) is 0 Å². The molecule has 17 heavy (non-hydrogen) atoms. The minimum absolute atomic E-state index is 0.164. The van der Waals surface area contributed by atoms with Crippen molar-refractivity contribution in [3.63, 3.8) is 0 Å². The lowest BCUT2D eigenvalue weighted by molar-refractivity contribution is -0.136. The average molecular weight is 229 g/mol. The highest BCUT2D eigenvalue weighted by atomic mass is 16.4. The molecule has 88 valence electrons. The van der Waals surface area contributed by atoms with E-state index in [-0.39, 0.29) is 6.42 Å². The van der Waals surface area contributed by atoms with Crippen LogP contribution < -0.4 is 0 Å². The van der Waals surface area contributed by atoms with Gasteiger partial charge in [0.15, 0.2) is 0 Å². The summed E-state index contributed by atoms with van der Waals surface area (Å²) < 4.78 is 0. The molecule has 1 aromatic carbocycles. The predicted molar refractivity (Wildman–Crippen MR) is 69.1 cm³/mol. The Morgan fingerprint density at radius 3 is 2.94 bits per heavy atom. The first-order chi connectivity index (χ1) is 8.11. The smallest absolute Gasteiger partial charge is 0.303 e. The Kier molecular flexibility index (Phi) is 3.00. The standard InChI is InChI=1S/C14H15NO2/c1-3-10-4-5-12-11(6-7-14(16)17)9(2)15-13(12)8-10/h3-5,8,15H,1,6-7H2,2H3,(H,16,17). The topological polar surface area (TPSA) is 53.1 Å². The molecule has 0 bridgehead atoms. The zero-order valence-electron chi connectivity index (χ0n) is 9.79. The number of benzene rings is 1. The molecule has 0 aliphatic rings. The number of hydrogen-bond donors (Lipinski definition) is 2. The summed E-state index contributed by atoms with van der Waals surface area (Å²) in [4.78, 5) is 13.9. The molecule has 0 atom stereocenters. The van der Waals surface area contributed by atoms with Gasteiger partial charge in [0.1, 0.15) is 0 Å². The first-order valence-electron chi connectivity index (χ1n) is 5.57. The molecule has 2 rings (SSSR count). The molecule has 1 heterocycles. The van der Waals surface area contributed by atoms with Crippen molar-refractivity contribution in [3.05, 3.63) is 41.6 Å². The number of aryl methyl sites for hydroxylation is 2. The van der Waals surface area contributed by atoms with Crippen LogP contribution in [0, 0.1) is 6.92 Å². The number of rotatable bonds is 4. The third-order valence-corrected chi connectivity index (χ3v) is 2.97. The second-order valence-corrected chi connectivity index (χ2v) is 4.13. The predicted octanol–water partition coefficient (Wildman–Crippen LogP) is 3.14. The van der Waals surface area contributed by atoms with Crippen LogP contribution in [0.5, 0.6) is 0 Å². The first-order valence-corrected chi connectivity index (χ1v) is 5.57. The number of carboxylic acid groups (broad SMARTS) is 1. The fourth-order valence-electron chi connectivity index (χ4n) is 2.09. The lowest BCUT2D eigenvalue weighted by Crippen LogP contribution is -1.97. The van der Waals surface area contributed by atoms with Crippen LogP contribution in [0.4, 0.5) is 0 Å². The Morgan fingerprint density at radius 1 is 1.53 bits per heavy atom. The number of carbonyl (C=O) groups is 1. The van der Waals surface area contributed by atoms with Gasteiger partial charge >= 0.3 is 5.97 Å². The fourth-order valence-corrected chi connectivity index (χ4v) is 2.09. The van der Waals surface area contributed by atoms with Crippen molar-refractivity contribution in [2.75, 3.05) is 0 Å². The molecule has 0 spiro atoms. The molecule has 3 heteroatoms. The number of aromatic amines is 1. The highest BCUT2D eigenvalue weighted by Gasteiger charge is 2.09. The zero-order chi connectivity index (χ0) is 12.4. The number of carboxylic acids is 1. The number of fused-ring (bicyclic) bond motifs is 1. The normalized spacial score (nSPS) is 10.6. The van der Waals surface area contributed by atoms with Crippen molar-refractivity contribution in [1.29, 1.82) is 0 Å². The van der Waals surface area contributed by atoms with Gasteiger partial charge in [0.25, 0.3) is 0 Å². The molecule has 2 aromatic rings. The molecule has 0 aliphatic carbocycles. The third kappa shape index (κ3) is 2.23. The Balaban J connectivity index is 2.44. The summed E-state index contributed by atoms with van der Waals surface area (Å²) in [5, 5.41) is 9.84. The monoisotopic (exact) mass is 229 g/mol. The van der Waals surface area contributed by atoms with Crippen LogP contribution in [0.3, 0.4) is 0 Å². The quantitative estimate of drug-likeness (QED) is 0.846.